The predicted molar refractivity (Wildman–Crippen MR) is 147 cm³/mol. The lowest BCUT2D eigenvalue weighted by molar-refractivity contribution is -0.122. The summed E-state index contributed by atoms with van der Waals surface area (Å²) in [6.07, 6.45) is 2.03. The van der Waals surface area contributed by atoms with Gasteiger partial charge in [0.15, 0.2) is 0 Å². The minimum atomic E-state index is -1.93. The van der Waals surface area contributed by atoms with Gasteiger partial charge in [0.1, 0.15) is 15.8 Å². The van der Waals surface area contributed by atoms with Crippen LogP contribution < -0.4 is 10.1 Å². The standard InChI is InChI=1S/C25H19Cl3N2O4S2/c1-15-4-8-17(9-5-15)21(31)29-23(25(26,27)28)34-18-10-6-16(7-11-18)13-20-22(32)30(24(35)36-20)14-19-3-2-12-33-19/h2-13,23H,14H2,1H3,(H,29,31)/b20-13-/t23-/m0/s1. The minimum Gasteiger partial charge on any atom is -0.467 e. The number of rotatable bonds is 7. The molecule has 1 aliphatic heterocycles. The van der Waals surface area contributed by atoms with Crippen molar-refractivity contribution in [2.24, 2.45) is 0 Å². The van der Waals surface area contributed by atoms with Gasteiger partial charge >= 0.3 is 0 Å². The largest absolute Gasteiger partial charge is 0.467 e. The van der Waals surface area contributed by atoms with Crippen LogP contribution in [0, 0.1) is 6.92 Å². The summed E-state index contributed by atoms with van der Waals surface area (Å²) in [7, 11) is 0. The van der Waals surface area contributed by atoms with Crippen LogP contribution in [-0.4, -0.2) is 31.1 Å². The first-order chi connectivity index (χ1) is 17.1. The molecule has 36 heavy (non-hydrogen) atoms. The minimum absolute atomic E-state index is 0.197. The Morgan fingerprint density at radius 2 is 1.86 bits per heavy atom. The second kappa shape index (κ2) is 11.3. The molecular formula is C25H19Cl3N2O4S2. The number of furan rings is 1. The van der Waals surface area contributed by atoms with Crippen molar-refractivity contribution in [3.05, 3.63) is 94.3 Å². The van der Waals surface area contributed by atoms with Crippen molar-refractivity contribution in [1.29, 1.82) is 0 Å². The zero-order chi connectivity index (χ0) is 25.9. The van der Waals surface area contributed by atoms with Crippen molar-refractivity contribution in [2.75, 3.05) is 0 Å². The van der Waals surface area contributed by atoms with Crippen molar-refractivity contribution >= 4 is 81.0 Å². The van der Waals surface area contributed by atoms with Crippen LogP contribution in [0.3, 0.4) is 0 Å². The van der Waals surface area contributed by atoms with Crippen LogP contribution >= 0.6 is 58.8 Å². The lowest BCUT2D eigenvalue weighted by Gasteiger charge is -2.26. The number of hydrogen-bond donors (Lipinski definition) is 1. The van der Waals surface area contributed by atoms with Gasteiger partial charge in [-0.05, 0) is 55.0 Å². The molecule has 1 aromatic heterocycles. The van der Waals surface area contributed by atoms with Gasteiger partial charge in [-0.3, -0.25) is 14.5 Å². The lowest BCUT2D eigenvalue weighted by atomic mass is 10.1. The fraction of sp³-hybridized carbons (Fsp3) is 0.160. The summed E-state index contributed by atoms with van der Waals surface area (Å²) in [4.78, 5) is 27.4. The Labute approximate surface area is 232 Å². The van der Waals surface area contributed by atoms with Gasteiger partial charge in [0.2, 0.25) is 10.0 Å². The summed E-state index contributed by atoms with van der Waals surface area (Å²) in [5, 5.41) is 2.60. The van der Waals surface area contributed by atoms with Crippen LogP contribution in [0.2, 0.25) is 0 Å². The van der Waals surface area contributed by atoms with Crippen LogP contribution in [0.5, 0.6) is 5.75 Å². The predicted octanol–water partition coefficient (Wildman–Crippen LogP) is 6.49. The van der Waals surface area contributed by atoms with E-state index in [9.17, 15) is 9.59 Å². The van der Waals surface area contributed by atoms with Crippen LogP contribution in [0.15, 0.2) is 76.2 Å². The molecule has 0 aliphatic carbocycles. The van der Waals surface area contributed by atoms with Gasteiger partial charge in [0.05, 0.1) is 17.7 Å². The van der Waals surface area contributed by atoms with Gasteiger partial charge in [0.25, 0.3) is 11.8 Å². The first kappa shape index (κ1) is 26.6. The summed E-state index contributed by atoms with van der Waals surface area (Å²) in [6.45, 7) is 2.19. The van der Waals surface area contributed by atoms with E-state index in [2.05, 4.69) is 5.32 Å². The molecule has 3 aromatic rings. The topological polar surface area (TPSA) is 71.8 Å². The van der Waals surface area contributed by atoms with Crippen LogP contribution in [0.4, 0.5) is 0 Å². The highest BCUT2D eigenvalue weighted by Crippen LogP contribution is 2.35. The van der Waals surface area contributed by atoms with E-state index in [1.54, 1.807) is 60.9 Å². The quantitative estimate of drug-likeness (QED) is 0.149. The molecule has 2 heterocycles. The number of nitrogens with one attached hydrogen (secondary N) is 1. The molecule has 0 unspecified atom stereocenters. The fourth-order valence-corrected chi connectivity index (χ4v) is 4.76. The molecule has 11 heteroatoms. The molecule has 4 rings (SSSR count). The van der Waals surface area contributed by atoms with Gasteiger partial charge in [-0.15, -0.1) is 0 Å². The van der Waals surface area contributed by atoms with Crippen molar-refractivity contribution in [1.82, 2.24) is 10.2 Å². The Morgan fingerprint density at radius 1 is 1.17 bits per heavy atom. The highest BCUT2D eigenvalue weighted by atomic mass is 35.6. The molecule has 2 amide bonds. The number of aryl methyl sites for hydroxylation is 1. The van der Waals surface area contributed by atoms with Crippen molar-refractivity contribution in [3.8, 4) is 5.75 Å². The van der Waals surface area contributed by atoms with Crippen molar-refractivity contribution in [3.63, 3.8) is 0 Å². The number of thiocarbonyl (C=S) groups is 1. The first-order valence-electron chi connectivity index (χ1n) is 10.6. The summed E-state index contributed by atoms with van der Waals surface area (Å²) >= 11 is 24.8. The fourth-order valence-electron chi connectivity index (χ4n) is 3.21. The summed E-state index contributed by atoms with van der Waals surface area (Å²) in [5.41, 5.74) is 2.17. The molecular weight excluding hydrogens is 563 g/mol. The highest BCUT2D eigenvalue weighted by molar-refractivity contribution is 8.26. The zero-order valence-corrected chi connectivity index (χ0v) is 22.6. The number of benzene rings is 2. The summed E-state index contributed by atoms with van der Waals surface area (Å²) in [5.74, 6) is 0.362. The van der Waals surface area contributed by atoms with Gasteiger partial charge in [-0.1, -0.05) is 88.6 Å². The van der Waals surface area contributed by atoms with E-state index in [0.29, 0.717) is 26.3 Å². The maximum Gasteiger partial charge on any atom is 0.266 e. The summed E-state index contributed by atoms with van der Waals surface area (Å²) < 4.78 is 9.62. The Hall–Kier alpha value is -2.49. The van der Waals surface area contributed by atoms with Crippen LogP contribution in [0.25, 0.3) is 6.08 Å². The van der Waals surface area contributed by atoms with E-state index in [1.807, 2.05) is 19.1 Å². The number of nitrogens with zero attached hydrogens (tertiary/aromatic N) is 1. The Morgan fingerprint density at radius 3 is 2.47 bits per heavy atom. The Balaban J connectivity index is 1.43. The molecule has 1 atom stereocenters. The molecule has 1 saturated heterocycles. The normalized spacial score (nSPS) is 15.9. The molecule has 1 N–H and O–H groups in total. The molecule has 6 nitrogen and oxygen atoms in total. The maximum atomic E-state index is 12.8. The molecule has 186 valence electrons. The van der Waals surface area contributed by atoms with Crippen LogP contribution in [-0.2, 0) is 11.3 Å². The molecule has 0 spiro atoms. The van der Waals surface area contributed by atoms with Gasteiger partial charge in [-0.2, -0.15) is 0 Å². The van der Waals surface area contributed by atoms with Crippen molar-refractivity contribution < 1.29 is 18.7 Å². The molecule has 1 aliphatic rings. The highest BCUT2D eigenvalue weighted by Gasteiger charge is 2.36. The average molecular weight is 582 g/mol. The molecule has 2 aromatic carbocycles. The second-order valence-electron chi connectivity index (χ2n) is 7.80. The van der Waals surface area contributed by atoms with E-state index >= 15 is 0 Å². The number of amides is 2. The number of alkyl halides is 3. The number of carbonyl (C=O) groups is 2. The lowest BCUT2D eigenvalue weighted by Crippen LogP contribution is -2.47. The third-order valence-corrected chi connectivity index (χ3v) is 7.05. The van der Waals surface area contributed by atoms with Gasteiger partial charge in [-0.25, -0.2) is 0 Å². The van der Waals surface area contributed by atoms with E-state index in [1.165, 1.54) is 16.7 Å². The molecule has 0 saturated carbocycles. The Kier molecular flexibility index (Phi) is 8.32. The summed E-state index contributed by atoms with van der Waals surface area (Å²) in [6, 6.07) is 17.3. The van der Waals surface area contributed by atoms with Gasteiger partial charge < -0.3 is 14.5 Å². The maximum absolute atomic E-state index is 12.8. The third kappa shape index (κ3) is 6.63. The van der Waals surface area contributed by atoms with Gasteiger partial charge in [0, 0.05) is 5.56 Å². The number of hydrogen-bond acceptors (Lipinski definition) is 6. The van der Waals surface area contributed by atoms with E-state index in [4.69, 9.17) is 56.2 Å². The van der Waals surface area contributed by atoms with E-state index in [-0.39, 0.29) is 12.5 Å². The van der Waals surface area contributed by atoms with E-state index < -0.39 is 15.9 Å². The molecule has 0 bridgehead atoms. The molecule has 0 radical (unpaired) electrons. The SMILES string of the molecule is Cc1ccc(C(=O)N[C@@H](Oc2ccc(/C=C3\SC(=S)N(Cc4ccco4)C3=O)cc2)C(Cl)(Cl)Cl)cc1. The number of carbonyl (C=O) groups excluding carboxylic acids is 2. The second-order valence-corrected chi connectivity index (χ2v) is 11.8. The first-order valence-corrected chi connectivity index (χ1v) is 12.9. The average Bonchev–Trinajstić information content (AvgIpc) is 3.44. The smallest absolute Gasteiger partial charge is 0.266 e. The third-order valence-electron chi connectivity index (χ3n) is 5.07. The number of halogens is 3. The van der Waals surface area contributed by atoms with E-state index in [0.717, 1.165) is 11.1 Å². The zero-order valence-electron chi connectivity index (χ0n) is 18.7. The Bertz CT molecular complexity index is 1290. The van der Waals surface area contributed by atoms with Crippen molar-refractivity contribution in [2.45, 2.75) is 23.5 Å². The monoisotopic (exact) mass is 580 g/mol. The number of ether oxygens (including phenoxy) is 1. The number of thioether (sulfide) groups is 1. The molecule has 1 fully saturated rings. The van der Waals surface area contributed by atoms with Crippen LogP contribution in [0.1, 0.15) is 27.2 Å².